The second-order valence-electron chi connectivity index (χ2n) is 7.21. The summed E-state index contributed by atoms with van der Waals surface area (Å²) in [7, 11) is 2.17. The average molecular weight is 385 g/mol. The van der Waals surface area contributed by atoms with Crippen molar-refractivity contribution in [2.24, 2.45) is 0 Å². The molecule has 1 aliphatic rings. The van der Waals surface area contributed by atoms with E-state index in [9.17, 15) is 0 Å². The molecule has 1 atom stereocenters. The van der Waals surface area contributed by atoms with E-state index in [4.69, 9.17) is 10.00 Å². The summed E-state index contributed by atoms with van der Waals surface area (Å²) in [5, 5.41) is 9.05. The van der Waals surface area contributed by atoms with Crippen LogP contribution in [0.15, 0.2) is 66.9 Å². The van der Waals surface area contributed by atoms with Crippen LogP contribution in [-0.2, 0) is 6.42 Å². The van der Waals surface area contributed by atoms with Crippen LogP contribution in [0.1, 0.15) is 11.1 Å². The van der Waals surface area contributed by atoms with Crippen molar-refractivity contribution in [2.45, 2.75) is 12.5 Å². The molecule has 0 spiro atoms. The van der Waals surface area contributed by atoms with Gasteiger partial charge in [-0.3, -0.25) is 4.90 Å². The topological polar surface area (TPSA) is 65.3 Å². The maximum absolute atomic E-state index is 9.05. The molecule has 1 aromatic heterocycles. The first-order chi connectivity index (χ1) is 14.2. The number of aromatic nitrogens is 2. The molecule has 3 aromatic rings. The van der Waals surface area contributed by atoms with E-state index in [1.807, 2.05) is 12.1 Å². The van der Waals surface area contributed by atoms with E-state index in [0.717, 1.165) is 26.1 Å². The fourth-order valence-electron chi connectivity index (χ4n) is 3.53. The SMILES string of the molecule is CN1CCN(c2nccc(Oc3cccc(C#N)c3)n2)CC1Cc1ccccc1. The molecule has 29 heavy (non-hydrogen) atoms. The van der Waals surface area contributed by atoms with Gasteiger partial charge in [0.2, 0.25) is 11.8 Å². The van der Waals surface area contributed by atoms with Crippen molar-refractivity contribution in [1.82, 2.24) is 14.9 Å². The van der Waals surface area contributed by atoms with Gasteiger partial charge in [-0.1, -0.05) is 36.4 Å². The number of hydrogen-bond donors (Lipinski definition) is 0. The third-order valence-electron chi connectivity index (χ3n) is 5.18. The Morgan fingerprint density at radius 3 is 2.79 bits per heavy atom. The van der Waals surface area contributed by atoms with Crippen LogP contribution in [0.3, 0.4) is 0 Å². The Kier molecular flexibility index (Phi) is 5.68. The van der Waals surface area contributed by atoms with Crippen LogP contribution in [0.2, 0.25) is 0 Å². The first-order valence-electron chi connectivity index (χ1n) is 9.71. The van der Waals surface area contributed by atoms with Crippen molar-refractivity contribution in [3.63, 3.8) is 0 Å². The maximum Gasteiger partial charge on any atom is 0.228 e. The normalized spacial score (nSPS) is 17.0. The number of likely N-dealkylation sites (N-methyl/N-ethyl adjacent to an activating group) is 1. The van der Waals surface area contributed by atoms with E-state index >= 15 is 0 Å². The van der Waals surface area contributed by atoms with Gasteiger partial charge in [0.15, 0.2) is 0 Å². The van der Waals surface area contributed by atoms with Crippen LogP contribution in [0.5, 0.6) is 11.6 Å². The van der Waals surface area contributed by atoms with Crippen molar-refractivity contribution >= 4 is 5.95 Å². The minimum absolute atomic E-state index is 0.395. The lowest BCUT2D eigenvalue weighted by Gasteiger charge is -2.39. The molecule has 0 amide bonds. The number of rotatable bonds is 5. The van der Waals surface area contributed by atoms with Crippen LogP contribution in [-0.4, -0.2) is 47.6 Å². The Balaban J connectivity index is 1.48. The third kappa shape index (κ3) is 4.71. The van der Waals surface area contributed by atoms with Gasteiger partial charge in [-0.25, -0.2) is 4.98 Å². The van der Waals surface area contributed by atoms with Gasteiger partial charge in [-0.05, 0) is 37.2 Å². The second-order valence-corrected chi connectivity index (χ2v) is 7.21. The van der Waals surface area contributed by atoms with Crippen LogP contribution >= 0.6 is 0 Å². The van der Waals surface area contributed by atoms with E-state index in [1.54, 1.807) is 30.5 Å². The molecule has 0 N–H and O–H groups in total. The number of ether oxygens (including phenoxy) is 1. The average Bonchev–Trinajstić information content (AvgIpc) is 2.76. The second kappa shape index (κ2) is 8.72. The Morgan fingerprint density at radius 1 is 1.10 bits per heavy atom. The van der Waals surface area contributed by atoms with Crippen molar-refractivity contribution in [1.29, 1.82) is 5.26 Å². The molecule has 0 bridgehead atoms. The van der Waals surface area contributed by atoms with Gasteiger partial charge in [0.1, 0.15) is 5.75 Å². The number of hydrogen-bond acceptors (Lipinski definition) is 6. The summed E-state index contributed by atoms with van der Waals surface area (Å²) in [4.78, 5) is 13.7. The molecule has 6 nitrogen and oxygen atoms in total. The highest BCUT2D eigenvalue weighted by atomic mass is 16.5. The van der Waals surface area contributed by atoms with Crippen molar-refractivity contribution in [3.05, 3.63) is 78.0 Å². The van der Waals surface area contributed by atoms with Crippen molar-refractivity contribution in [2.75, 3.05) is 31.6 Å². The molecular weight excluding hydrogens is 362 g/mol. The van der Waals surface area contributed by atoms with E-state index in [1.165, 1.54) is 5.56 Å². The summed E-state index contributed by atoms with van der Waals surface area (Å²) in [5.41, 5.74) is 1.89. The minimum atomic E-state index is 0.395. The summed E-state index contributed by atoms with van der Waals surface area (Å²) >= 11 is 0. The monoisotopic (exact) mass is 385 g/mol. The zero-order chi connectivity index (χ0) is 20.1. The van der Waals surface area contributed by atoms with Crippen molar-refractivity contribution in [3.8, 4) is 17.7 Å². The van der Waals surface area contributed by atoms with Crippen LogP contribution in [0.4, 0.5) is 5.95 Å². The van der Waals surface area contributed by atoms with Crippen molar-refractivity contribution < 1.29 is 4.74 Å². The molecule has 1 saturated heterocycles. The zero-order valence-electron chi connectivity index (χ0n) is 16.4. The third-order valence-corrected chi connectivity index (χ3v) is 5.18. The molecule has 0 aliphatic carbocycles. The maximum atomic E-state index is 9.05. The predicted octanol–water partition coefficient (Wildman–Crippen LogP) is 3.50. The number of nitrogens with zero attached hydrogens (tertiary/aromatic N) is 5. The molecule has 2 heterocycles. The van der Waals surface area contributed by atoms with E-state index in [0.29, 0.717) is 29.2 Å². The van der Waals surface area contributed by atoms with Gasteiger partial charge in [-0.15, -0.1) is 0 Å². The summed E-state index contributed by atoms with van der Waals surface area (Å²) in [6.45, 7) is 2.68. The highest BCUT2D eigenvalue weighted by Crippen LogP contribution is 2.23. The summed E-state index contributed by atoms with van der Waals surface area (Å²) in [6.07, 6.45) is 2.71. The summed E-state index contributed by atoms with van der Waals surface area (Å²) in [5.74, 6) is 1.74. The lowest BCUT2D eigenvalue weighted by atomic mass is 10.0. The van der Waals surface area contributed by atoms with E-state index in [2.05, 4.69) is 57.2 Å². The van der Waals surface area contributed by atoms with Crippen LogP contribution in [0.25, 0.3) is 0 Å². The summed E-state index contributed by atoms with van der Waals surface area (Å²) < 4.78 is 5.86. The van der Waals surface area contributed by atoms with Crippen LogP contribution in [0, 0.1) is 11.3 Å². The van der Waals surface area contributed by atoms with E-state index in [-0.39, 0.29) is 0 Å². The molecule has 1 unspecified atom stereocenters. The van der Waals surface area contributed by atoms with Gasteiger partial charge >= 0.3 is 0 Å². The largest absolute Gasteiger partial charge is 0.439 e. The quantitative estimate of drug-likeness (QED) is 0.670. The Labute approximate surface area is 171 Å². The predicted molar refractivity (Wildman–Crippen MR) is 112 cm³/mol. The number of nitriles is 1. The van der Waals surface area contributed by atoms with Gasteiger partial charge in [0.05, 0.1) is 11.6 Å². The van der Waals surface area contributed by atoms with Gasteiger partial charge in [-0.2, -0.15) is 10.2 Å². The fraction of sp³-hybridized carbons (Fsp3) is 0.261. The Hall–Kier alpha value is -3.43. The molecule has 4 rings (SSSR count). The molecule has 146 valence electrons. The standard InChI is InChI=1S/C23H23N5O/c1-27-12-13-28(17-20(27)14-18-6-3-2-4-7-18)23-25-11-10-22(26-23)29-21-9-5-8-19(15-21)16-24/h2-11,15,20H,12-14,17H2,1H3. The zero-order valence-corrected chi connectivity index (χ0v) is 16.4. The fourth-order valence-corrected chi connectivity index (χ4v) is 3.53. The molecule has 2 aromatic carbocycles. The highest BCUT2D eigenvalue weighted by Gasteiger charge is 2.26. The number of anilines is 1. The first-order valence-corrected chi connectivity index (χ1v) is 9.71. The first kappa shape index (κ1) is 18.9. The van der Waals surface area contributed by atoms with Gasteiger partial charge in [0.25, 0.3) is 0 Å². The lowest BCUT2D eigenvalue weighted by molar-refractivity contribution is 0.216. The number of piperazine rings is 1. The molecule has 6 heteroatoms. The minimum Gasteiger partial charge on any atom is -0.439 e. The molecule has 1 aliphatic heterocycles. The summed E-state index contributed by atoms with van der Waals surface area (Å²) in [6, 6.07) is 21.9. The number of benzene rings is 2. The van der Waals surface area contributed by atoms with Gasteiger partial charge in [0, 0.05) is 37.9 Å². The molecular formula is C23H23N5O. The molecule has 0 saturated carbocycles. The van der Waals surface area contributed by atoms with E-state index < -0.39 is 0 Å². The Bertz CT molecular complexity index is 1000. The smallest absolute Gasteiger partial charge is 0.228 e. The Morgan fingerprint density at radius 2 is 1.97 bits per heavy atom. The van der Waals surface area contributed by atoms with Gasteiger partial charge < -0.3 is 9.64 Å². The lowest BCUT2D eigenvalue weighted by Crippen LogP contribution is -2.52. The molecule has 0 radical (unpaired) electrons. The van der Waals surface area contributed by atoms with Crippen LogP contribution < -0.4 is 9.64 Å². The molecule has 1 fully saturated rings. The highest BCUT2D eigenvalue weighted by molar-refractivity contribution is 5.39.